The van der Waals surface area contributed by atoms with Crippen LogP contribution in [-0.4, -0.2) is 66.3 Å². The van der Waals surface area contributed by atoms with Gasteiger partial charge >= 0.3 is 0 Å². The van der Waals surface area contributed by atoms with Crippen LogP contribution in [0.3, 0.4) is 0 Å². The molecule has 0 aromatic heterocycles. The number of rotatable bonds is 15. The van der Waals surface area contributed by atoms with Gasteiger partial charge in [0.25, 0.3) is 0 Å². The molecule has 6 rings (SSSR count). The van der Waals surface area contributed by atoms with Gasteiger partial charge in [0.1, 0.15) is 12.1 Å². The van der Waals surface area contributed by atoms with E-state index >= 15 is 0 Å². The summed E-state index contributed by atoms with van der Waals surface area (Å²) in [5.41, 5.74) is 8.02. The van der Waals surface area contributed by atoms with Gasteiger partial charge in [-0.05, 0) is 91.8 Å². The number of carbonyl (C=O) groups is 4. The molecule has 0 unspecified atom stereocenters. The van der Waals surface area contributed by atoms with E-state index in [9.17, 15) is 19.2 Å². The normalized spacial score (nSPS) is 25.1. The standard InChI is InChI=1S/C35H47N5O4S/c1-45-13-12-29(39-33(42)28(36)19-22-8-4-2-5-9-22)34(43)37-21-31(41)38-30(20-23-10-6-3-7-11-23)35(44)40-32-26-15-24-14-25(17-26)18-27(32)16-24/h2-11,24-30,32H,12-21,36H2,1H3,(H,37,43)(H,38,41)(H,39,42)(H,40,44)/t24?,25?,26?,27?,28-,29-,30+,32?/m1/s1. The van der Waals surface area contributed by atoms with E-state index in [4.69, 9.17) is 5.73 Å². The van der Waals surface area contributed by atoms with Crippen molar-refractivity contribution in [2.24, 2.45) is 29.4 Å². The second-order valence-electron chi connectivity index (χ2n) is 13.1. The molecule has 4 amide bonds. The highest BCUT2D eigenvalue weighted by Crippen LogP contribution is 2.53. The number of hydrogen-bond donors (Lipinski definition) is 5. The zero-order valence-electron chi connectivity index (χ0n) is 26.1. The van der Waals surface area contributed by atoms with Crippen molar-refractivity contribution in [2.45, 2.75) is 75.5 Å². The number of hydrogen-bond acceptors (Lipinski definition) is 6. The molecule has 4 aliphatic rings. The van der Waals surface area contributed by atoms with Crippen molar-refractivity contribution in [1.29, 1.82) is 0 Å². The summed E-state index contributed by atoms with van der Waals surface area (Å²) in [6.07, 6.45) is 9.10. The Morgan fingerprint density at radius 2 is 1.33 bits per heavy atom. The zero-order valence-corrected chi connectivity index (χ0v) is 26.9. The lowest BCUT2D eigenvalue weighted by Crippen LogP contribution is -2.60. The monoisotopic (exact) mass is 633 g/mol. The smallest absolute Gasteiger partial charge is 0.243 e. The third-order valence-electron chi connectivity index (χ3n) is 9.77. The van der Waals surface area contributed by atoms with Crippen molar-refractivity contribution in [1.82, 2.24) is 21.3 Å². The van der Waals surface area contributed by atoms with E-state index in [-0.39, 0.29) is 18.5 Å². The first-order valence-electron chi connectivity index (χ1n) is 16.3. The van der Waals surface area contributed by atoms with Crippen LogP contribution in [0, 0.1) is 23.7 Å². The van der Waals surface area contributed by atoms with Crippen LogP contribution in [0.4, 0.5) is 0 Å². The predicted molar refractivity (Wildman–Crippen MR) is 177 cm³/mol. The largest absolute Gasteiger partial charge is 0.351 e. The van der Waals surface area contributed by atoms with E-state index in [0.29, 0.717) is 36.9 Å². The quantitative estimate of drug-likeness (QED) is 0.204. The molecule has 9 nitrogen and oxygen atoms in total. The Labute approximate surface area is 270 Å². The summed E-state index contributed by atoms with van der Waals surface area (Å²) in [6, 6.07) is 16.9. The molecule has 6 N–H and O–H groups in total. The highest BCUT2D eigenvalue weighted by Gasteiger charge is 2.49. The van der Waals surface area contributed by atoms with Gasteiger partial charge in [0.15, 0.2) is 0 Å². The maximum absolute atomic E-state index is 13.7. The number of carbonyl (C=O) groups excluding carboxylic acids is 4. The molecule has 0 saturated heterocycles. The topological polar surface area (TPSA) is 142 Å². The van der Waals surface area contributed by atoms with E-state index in [1.807, 2.05) is 66.9 Å². The van der Waals surface area contributed by atoms with Crippen molar-refractivity contribution in [3.63, 3.8) is 0 Å². The van der Waals surface area contributed by atoms with Gasteiger partial charge in [0.2, 0.25) is 23.6 Å². The molecule has 45 heavy (non-hydrogen) atoms. The van der Waals surface area contributed by atoms with Crippen LogP contribution < -0.4 is 27.0 Å². The summed E-state index contributed by atoms with van der Waals surface area (Å²) in [5, 5.41) is 11.7. The summed E-state index contributed by atoms with van der Waals surface area (Å²) in [7, 11) is 0. The van der Waals surface area contributed by atoms with Gasteiger partial charge in [-0.2, -0.15) is 11.8 Å². The lowest BCUT2D eigenvalue weighted by atomic mass is 9.54. The van der Waals surface area contributed by atoms with Crippen LogP contribution in [0.1, 0.15) is 49.7 Å². The average Bonchev–Trinajstić information content (AvgIpc) is 3.03. The third kappa shape index (κ3) is 9.10. The Balaban J connectivity index is 1.16. The lowest BCUT2D eigenvalue weighted by molar-refractivity contribution is -0.132. The molecule has 242 valence electrons. The van der Waals surface area contributed by atoms with Crippen LogP contribution in [0.25, 0.3) is 0 Å². The first kappa shape index (κ1) is 33.0. The summed E-state index contributed by atoms with van der Waals surface area (Å²) in [5.74, 6) is 1.77. The Kier molecular flexibility index (Phi) is 11.6. The number of amides is 4. The van der Waals surface area contributed by atoms with Crippen LogP contribution in [-0.2, 0) is 32.0 Å². The van der Waals surface area contributed by atoms with Gasteiger partial charge in [-0.1, -0.05) is 60.7 Å². The Hall–Kier alpha value is -3.37. The first-order valence-corrected chi connectivity index (χ1v) is 17.7. The van der Waals surface area contributed by atoms with Gasteiger partial charge in [-0.15, -0.1) is 0 Å². The van der Waals surface area contributed by atoms with E-state index in [0.717, 1.165) is 23.0 Å². The highest BCUT2D eigenvalue weighted by molar-refractivity contribution is 7.98. The minimum Gasteiger partial charge on any atom is -0.351 e. The predicted octanol–water partition coefficient (Wildman–Crippen LogP) is 2.58. The maximum atomic E-state index is 13.7. The van der Waals surface area contributed by atoms with Crippen molar-refractivity contribution in [2.75, 3.05) is 18.6 Å². The number of nitrogens with two attached hydrogens (primary N) is 1. The molecule has 0 radical (unpaired) electrons. The van der Waals surface area contributed by atoms with Crippen molar-refractivity contribution < 1.29 is 19.2 Å². The van der Waals surface area contributed by atoms with Crippen LogP contribution in [0.5, 0.6) is 0 Å². The third-order valence-corrected chi connectivity index (χ3v) is 10.4. The second kappa shape index (κ2) is 15.8. The molecule has 4 fully saturated rings. The van der Waals surface area contributed by atoms with Gasteiger partial charge in [-0.25, -0.2) is 0 Å². The fourth-order valence-electron chi connectivity index (χ4n) is 7.76. The van der Waals surface area contributed by atoms with Crippen molar-refractivity contribution in [3.8, 4) is 0 Å². The van der Waals surface area contributed by atoms with E-state index in [1.54, 1.807) is 11.8 Å². The fourth-order valence-corrected chi connectivity index (χ4v) is 8.24. The zero-order chi connectivity index (χ0) is 31.8. The summed E-state index contributed by atoms with van der Waals surface area (Å²) >= 11 is 1.56. The maximum Gasteiger partial charge on any atom is 0.243 e. The fraction of sp³-hybridized carbons (Fsp3) is 0.543. The molecule has 2 aromatic carbocycles. The van der Waals surface area contributed by atoms with E-state index in [2.05, 4.69) is 21.3 Å². The molecule has 4 bridgehead atoms. The van der Waals surface area contributed by atoms with Gasteiger partial charge in [0, 0.05) is 12.5 Å². The second-order valence-corrected chi connectivity index (χ2v) is 14.1. The Morgan fingerprint density at radius 3 is 1.91 bits per heavy atom. The number of benzene rings is 2. The highest BCUT2D eigenvalue weighted by atomic mass is 32.2. The molecule has 4 aliphatic carbocycles. The lowest BCUT2D eigenvalue weighted by Gasteiger charge is -2.54. The summed E-state index contributed by atoms with van der Waals surface area (Å²) < 4.78 is 0. The number of nitrogens with one attached hydrogen (secondary N) is 4. The molecule has 0 aliphatic heterocycles. The summed E-state index contributed by atoms with van der Waals surface area (Å²) in [6.45, 7) is -0.308. The molecule has 0 heterocycles. The average molecular weight is 634 g/mol. The Morgan fingerprint density at radius 1 is 0.756 bits per heavy atom. The van der Waals surface area contributed by atoms with E-state index in [1.165, 1.54) is 32.1 Å². The molecular formula is C35H47N5O4S. The van der Waals surface area contributed by atoms with Crippen molar-refractivity contribution in [3.05, 3.63) is 71.8 Å². The van der Waals surface area contributed by atoms with E-state index < -0.39 is 35.8 Å². The summed E-state index contributed by atoms with van der Waals surface area (Å²) in [4.78, 5) is 52.8. The minimum atomic E-state index is -0.833. The molecule has 2 aromatic rings. The van der Waals surface area contributed by atoms with Crippen LogP contribution in [0.2, 0.25) is 0 Å². The Bertz CT molecular complexity index is 1280. The van der Waals surface area contributed by atoms with Crippen LogP contribution in [0.15, 0.2) is 60.7 Å². The van der Waals surface area contributed by atoms with Gasteiger partial charge in [-0.3, -0.25) is 19.2 Å². The number of thioether (sulfide) groups is 1. The molecular weight excluding hydrogens is 586 g/mol. The molecule has 3 atom stereocenters. The van der Waals surface area contributed by atoms with Crippen molar-refractivity contribution >= 4 is 35.4 Å². The SMILES string of the molecule is CSCC[C@@H](NC(=O)[C@H](N)Cc1ccccc1)C(=O)NCC(=O)N[C@@H](Cc1ccccc1)C(=O)NC1C2CC3CC(C2)CC1C3. The van der Waals surface area contributed by atoms with Crippen LogP contribution >= 0.6 is 11.8 Å². The molecule has 0 spiro atoms. The first-order chi connectivity index (χ1) is 21.8. The van der Waals surface area contributed by atoms with Gasteiger partial charge in [0.05, 0.1) is 12.6 Å². The molecule has 4 saturated carbocycles. The minimum absolute atomic E-state index is 0.161. The van der Waals surface area contributed by atoms with Gasteiger partial charge < -0.3 is 27.0 Å². The molecule has 10 heteroatoms.